The van der Waals surface area contributed by atoms with E-state index in [2.05, 4.69) is 38.1 Å². The van der Waals surface area contributed by atoms with Crippen LogP contribution in [0.1, 0.15) is 18.9 Å². The van der Waals surface area contributed by atoms with Crippen LogP contribution < -0.4 is 10.5 Å². The summed E-state index contributed by atoms with van der Waals surface area (Å²) in [5, 5.41) is 0. The highest BCUT2D eigenvalue weighted by molar-refractivity contribution is 7.99. The van der Waals surface area contributed by atoms with Crippen molar-refractivity contribution in [2.75, 3.05) is 12.3 Å². The predicted octanol–water partition coefficient (Wildman–Crippen LogP) is 4.52. The van der Waals surface area contributed by atoms with E-state index in [0.29, 0.717) is 12.3 Å². The third kappa shape index (κ3) is 3.93. The highest BCUT2D eigenvalue weighted by Crippen LogP contribution is 2.33. The summed E-state index contributed by atoms with van der Waals surface area (Å²) in [6, 6.07) is 14.4. The summed E-state index contributed by atoms with van der Waals surface area (Å²) >= 11 is 1.72. The van der Waals surface area contributed by atoms with Gasteiger partial charge in [0.15, 0.2) is 0 Å². The van der Waals surface area contributed by atoms with Gasteiger partial charge in [0.05, 0.1) is 12.3 Å². The first kappa shape index (κ1) is 13.8. The van der Waals surface area contributed by atoms with Crippen LogP contribution in [0.2, 0.25) is 0 Å². The molecule has 100 valence electrons. The van der Waals surface area contributed by atoms with Gasteiger partial charge >= 0.3 is 0 Å². The van der Waals surface area contributed by atoms with Crippen molar-refractivity contribution in [2.24, 2.45) is 0 Å². The van der Waals surface area contributed by atoms with Crippen LogP contribution in [0.25, 0.3) is 0 Å². The van der Waals surface area contributed by atoms with Gasteiger partial charge in [-0.15, -0.1) is 0 Å². The van der Waals surface area contributed by atoms with E-state index in [0.717, 1.165) is 17.1 Å². The molecule has 0 amide bonds. The number of nitrogens with two attached hydrogens (primary N) is 1. The molecule has 0 atom stereocenters. The Morgan fingerprint density at radius 3 is 2.42 bits per heavy atom. The molecule has 0 heterocycles. The predicted molar refractivity (Wildman–Crippen MR) is 81.9 cm³/mol. The van der Waals surface area contributed by atoms with Crippen molar-refractivity contribution < 1.29 is 4.74 Å². The number of anilines is 1. The van der Waals surface area contributed by atoms with Gasteiger partial charge in [0.2, 0.25) is 0 Å². The van der Waals surface area contributed by atoms with Crippen LogP contribution in [-0.2, 0) is 0 Å². The van der Waals surface area contributed by atoms with E-state index < -0.39 is 0 Å². The fourth-order valence-corrected chi connectivity index (χ4v) is 2.50. The van der Waals surface area contributed by atoms with Crippen LogP contribution in [0.15, 0.2) is 52.3 Å². The lowest BCUT2D eigenvalue weighted by molar-refractivity contribution is 0.318. The molecule has 19 heavy (non-hydrogen) atoms. The smallest absolute Gasteiger partial charge is 0.143 e. The fraction of sp³-hybridized carbons (Fsp3) is 0.250. The fourth-order valence-electron chi connectivity index (χ4n) is 1.66. The molecule has 0 aromatic heterocycles. The summed E-state index contributed by atoms with van der Waals surface area (Å²) < 4.78 is 5.65. The summed E-state index contributed by atoms with van der Waals surface area (Å²) in [6.07, 6.45) is 0.981. The van der Waals surface area contributed by atoms with Gasteiger partial charge in [-0.05, 0) is 43.7 Å². The van der Waals surface area contributed by atoms with Crippen molar-refractivity contribution in [1.82, 2.24) is 0 Å². The van der Waals surface area contributed by atoms with Crippen LogP contribution in [0, 0.1) is 6.92 Å². The first-order valence-corrected chi connectivity index (χ1v) is 7.27. The van der Waals surface area contributed by atoms with E-state index >= 15 is 0 Å². The van der Waals surface area contributed by atoms with Gasteiger partial charge < -0.3 is 10.5 Å². The number of nitrogen functional groups attached to an aromatic ring is 1. The van der Waals surface area contributed by atoms with E-state index in [-0.39, 0.29) is 0 Å². The Hall–Kier alpha value is -1.61. The van der Waals surface area contributed by atoms with Gasteiger partial charge in [0.1, 0.15) is 5.75 Å². The molecule has 0 aliphatic heterocycles. The summed E-state index contributed by atoms with van der Waals surface area (Å²) in [6.45, 7) is 4.87. The molecule has 0 saturated carbocycles. The summed E-state index contributed by atoms with van der Waals surface area (Å²) in [5.74, 6) is 0.777. The minimum atomic E-state index is 0.696. The van der Waals surface area contributed by atoms with Gasteiger partial charge in [-0.1, -0.05) is 36.4 Å². The Kier molecular flexibility index (Phi) is 4.74. The first-order chi connectivity index (χ1) is 9.19. The number of ether oxygens (including phenoxy) is 1. The van der Waals surface area contributed by atoms with Crippen molar-refractivity contribution in [3.05, 3.63) is 48.0 Å². The van der Waals surface area contributed by atoms with Crippen molar-refractivity contribution in [3.8, 4) is 5.75 Å². The Morgan fingerprint density at radius 2 is 1.74 bits per heavy atom. The second kappa shape index (κ2) is 6.53. The minimum absolute atomic E-state index is 0.696. The van der Waals surface area contributed by atoms with E-state index in [4.69, 9.17) is 10.5 Å². The molecule has 0 fully saturated rings. The zero-order valence-electron chi connectivity index (χ0n) is 11.3. The van der Waals surface area contributed by atoms with Gasteiger partial charge in [-0.3, -0.25) is 0 Å². The molecule has 2 aromatic rings. The Morgan fingerprint density at radius 1 is 1.05 bits per heavy atom. The third-order valence-electron chi connectivity index (χ3n) is 2.70. The van der Waals surface area contributed by atoms with Crippen molar-refractivity contribution >= 4 is 17.4 Å². The molecule has 2 rings (SSSR count). The largest absolute Gasteiger partial charge is 0.491 e. The molecule has 0 unspecified atom stereocenters. The molecular weight excluding hydrogens is 254 g/mol. The maximum atomic E-state index is 5.91. The molecule has 0 spiro atoms. The number of aryl methyl sites for hydroxylation is 1. The quantitative estimate of drug-likeness (QED) is 0.814. The Balaban J connectivity index is 2.14. The summed E-state index contributed by atoms with van der Waals surface area (Å²) in [4.78, 5) is 2.36. The van der Waals surface area contributed by atoms with Gasteiger partial charge in [0.25, 0.3) is 0 Å². The standard InChI is InChI=1S/C16H19NOS/c1-3-10-18-16-11-14(8-9-15(16)17)19-13-6-4-12(2)5-7-13/h4-9,11H,3,10,17H2,1-2H3. The number of rotatable bonds is 5. The maximum absolute atomic E-state index is 5.91. The van der Waals surface area contributed by atoms with Crippen molar-refractivity contribution in [3.63, 3.8) is 0 Å². The molecule has 3 heteroatoms. The minimum Gasteiger partial charge on any atom is -0.491 e. The average Bonchev–Trinajstić information content (AvgIpc) is 2.42. The van der Waals surface area contributed by atoms with E-state index in [1.165, 1.54) is 10.5 Å². The topological polar surface area (TPSA) is 35.2 Å². The third-order valence-corrected chi connectivity index (χ3v) is 3.70. The molecule has 2 aromatic carbocycles. The van der Waals surface area contributed by atoms with Crippen LogP contribution in [0.5, 0.6) is 5.75 Å². The molecule has 0 aliphatic carbocycles. The average molecular weight is 273 g/mol. The van der Waals surface area contributed by atoms with Crippen LogP contribution in [-0.4, -0.2) is 6.61 Å². The SMILES string of the molecule is CCCOc1cc(Sc2ccc(C)cc2)ccc1N. The molecule has 2 nitrogen and oxygen atoms in total. The van der Waals surface area contributed by atoms with Crippen LogP contribution in [0.4, 0.5) is 5.69 Å². The van der Waals surface area contributed by atoms with Crippen molar-refractivity contribution in [2.45, 2.75) is 30.1 Å². The Bertz CT molecular complexity index is 537. The highest BCUT2D eigenvalue weighted by atomic mass is 32.2. The second-order valence-corrected chi connectivity index (χ2v) is 5.61. The van der Waals surface area contributed by atoms with E-state index in [9.17, 15) is 0 Å². The van der Waals surface area contributed by atoms with Gasteiger partial charge in [-0.2, -0.15) is 0 Å². The number of hydrogen-bond acceptors (Lipinski definition) is 3. The van der Waals surface area contributed by atoms with E-state index in [1.54, 1.807) is 11.8 Å². The van der Waals surface area contributed by atoms with Gasteiger partial charge in [-0.25, -0.2) is 0 Å². The van der Waals surface area contributed by atoms with Crippen LogP contribution >= 0.6 is 11.8 Å². The first-order valence-electron chi connectivity index (χ1n) is 6.46. The zero-order valence-corrected chi connectivity index (χ0v) is 12.2. The van der Waals surface area contributed by atoms with Crippen LogP contribution in [0.3, 0.4) is 0 Å². The lowest BCUT2D eigenvalue weighted by Crippen LogP contribution is -1.98. The molecule has 0 radical (unpaired) electrons. The maximum Gasteiger partial charge on any atom is 0.143 e. The normalized spacial score (nSPS) is 10.4. The van der Waals surface area contributed by atoms with Gasteiger partial charge in [0, 0.05) is 9.79 Å². The summed E-state index contributed by atoms with van der Waals surface area (Å²) in [5.41, 5.74) is 7.88. The summed E-state index contributed by atoms with van der Waals surface area (Å²) in [7, 11) is 0. The Labute approximate surface area is 119 Å². The number of benzene rings is 2. The van der Waals surface area contributed by atoms with E-state index in [1.807, 2.05) is 18.2 Å². The lowest BCUT2D eigenvalue weighted by Gasteiger charge is -2.10. The highest BCUT2D eigenvalue weighted by Gasteiger charge is 2.04. The number of hydrogen-bond donors (Lipinski definition) is 1. The monoisotopic (exact) mass is 273 g/mol. The molecule has 0 aliphatic rings. The molecule has 0 bridgehead atoms. The molecular formula is C16H19NOS. The van der Waals surface area contributed by atoms with Crippen molar-refractivity contribution in [1.29, 1.82) is 0 Å². The lowest BCUT2D eigenvalue weighted by atomic mass is 10.2. The molecule has 2 N–H and O–H groups in total. The zero-order chi connectivity index (χ0) is 13.7. The second-order valence-electron chi connectivity index (χ2n) is 4.46. The molecule has 0 saturated heterocycles.